The standard InChI is InChI=1S/C10H19NO3/c1-14-8-9-3-2-5-11(7-9)6-4-10(12)13/h9H,2-8H2,1H3,(H,12,13)/t9-/m0/s1. The Morgan fingerprint density at radius 1 is 1.64 bits per heavy atom. The summed E-state index contributed by atoms with van der Waals surface area (Å²) in [7, 11) is 1.72. The highest BCUT2D eigenvalue weighted by Crippen LogP contribution is 2.16. The van der Waals surface area contributed by atoms with Crippen molar-refractivity contribution in [1.82, 2.24) is 4.90 Å². The van der Waals surface area contributed by atoms with Crippen LogP contribution in [0.25, 0.3) is 0 Å². The summed E-state index contributed by atoms with van der Waals surface area (Å²) in [6, 6.07) is 0. The molecule has 1 heterocycles. The molecule has 1 fully saturated rings. The first-order valence-corrected chi connectivity index (χ1v) is 5.15. The molecule has 0 aromatic heterocycles. The van der Waals surface area contributed by atoms with Gasteiger partial charge in [-0.1, -0.05) is 0 Å². The fraction of sp³-hybridized carbons (Fsp3) is 0.900. The van der Waals surface area contributed by atoms with E-state index in [-0.39, 0.29) is 6.42 Å². The first-order chi connectivity index (χ1) is 6.72. The average molecular weight is 201 g/mol. The fourth-order valence-electron chi connectivity index (χ4n) is 1.98. The topological polar surface area (TPSA) is 49.8 Å². The number of methoxy groups -OCH3 is 1. The van der Waals surface area contributed by atoms with Crippen molar-refractivity contribution in [3.05, 3.63) is 0 Å². The van der Waals surface area contributed by atoms with Crippen LogP contribution in [0.1, 0.15) is 19.3 Å². The zero-order valence-electron chi connectivity index (χ0n) is 8.74. The van der Waals surface area contributed by atoms with Crippen LogP contribution in [0.15, 0.2) is 0 Å². The molecule has 0 saturated carbocycles. The summed E-state index contributed by atoms with van der Waals surface area (Å²) in [5.74, 6) is -0.124. The van der Waals surface area contributed by atoms with Gasteiger partial charge in [-0.15, -0.1) is 0 Å². The van der Waals surface area contributed by atoms with Crippen molar-refractivity contribution < 1.29 is 14.6 Å². The summed E-state index contributed by atoms with van der Waals surface area (Å²) in [4.78, 5) is 12.6. The van der Waals surface area contributed by atoms with Gasteiger partial charge in [-0.25, -0.2) is 0 Å². The van der Waals surface area contributed by atoms with Gasteiger partial charge in [0.05, 0.1) is 13.0 Å². The van der Waals surface area contributed by atoms with Gasteiger partial charge in [-0.2, -0.15) is 0 Å². The average Bonchev–Trinajstić information content (AvgIpc) is 2.16. The molecule has 1 atom stereocenters. The molecule has 0 unspecified atom stereocenters. The van der Waals surface area contributed by atoms with E-state index in [1.807, 2.05) is 0 Å². The minimum Gasteiger partial charge on any atom is -0.481 e. The van der Waals surface area contributed by atoms with Crippen LogP contribution in [-0.2, 0) is 9.53 Å². The Balaban J connectivity index is 2.21. The Morgan fingerprint density at radius 3 is 3.07 bits per heavy atom. The summed E-state index contributed by atoms with van der Waals surface area (Å²) in [6.45, 7) is 3.49. The molecule has 0 aromatic carbocycles. The number of carbonyl (C=O) groups is 1. The Bertz CT molecular complexity index is 182. The molecule has 1 rings (SSSR count). The summed E-state index contributed by atoms with van der Waals surface area (Å²) in [6.07, 6.45) is 2.62. The maximum Gasteiger partial charge on any atom is 0.304 e. The first-order valence-electron chi connectivity index (χ1n) is 5.15. The van der Waals surface area contributed by atoms with Crippen molar-refractivity contribution in [1.29, 1.82) is 0 Å². The number of ether oxygens (including phenoxy) is 1. The van der Waals surface area contributed by atoms with Crippen LogP contribution in [0.3, 0.4) is 0 Å². The third-order valence-corrected chi connectivity index (χ3v) is 2.65. The number of hydrogen-bond acceptors (Lipinski definition) is 3. The maximum absolute atomic E-state index is 10.4. The second-order valence-electron chi connectivity index (χ2n) is 3.91. The van der Waals surface area contributed by atoms with Crippen LogP contribution in [0.4, 0.5) is 0 Å². The lowest BCUT2D eigenvalue weighted by molar-refractivity contribution is -0.137. The molecule has 1 N–H and O–H groups in total. The number of hydrogen-bond donors (Lipinski definition) is 1. The van der Waals surface area contributed by atoms with Crippen LogP contribution < -0.4 is 0 Å². The summed E-state index contributed by atoms with van der Waals surface area (Å²) in [5, 5.41) is 8.56. The quantitative estimate of drug-likeness (QED) is 0.715. The first kappa shape index (κ1) is 11.5. The van der Waals surface area contributed by atoms with E-state index in [0.717, 1.165) is 26.1 Å². The van der Waals surface area contributed by atoms with E-state index in [0.29, 0.717) is 12.5 Å². The molecule has 0 aliphatic carbocycles. The Labute approximate surface area is 84.8 Å². The molecule has 1 aliphatic rings. The van der Waals surface area contributed by atoms with E-state index in [1.54, 1.807) is 7.11 Å². The lowest BCUT2D eigenvalue weighted by Crippen LogP contribution is -2.38. The lowest BCUT2D eigenvalue weighted by atomic mass is 9.99. The third kappa shape index (κ3) is 4.07. The van der Waals surface area contributed by atoms with Gasteiger partial charge in [-0.05, 0) is 25.3 Å². The molecule has 1 aliphatic heterocycles. The van der Waals surface area contributed by atoms with Crippen LogP contribution in [-0.4, -0.2) is 49.3 Å². The minimum absolute atomic E-state index is 0.250. The van der Waals surface area contributed by atoms with Crippen molar-refractivity contribution >= 4 is 5.97 Å². The number of aliphatic carboxylic acids is 1. The molecular formula is C10H19NO3. The molecule has 82 valence electrons. The third-order valence-electron chi connectivity index (χ3n) is 2.65. The van der Waals surface area contributed by atoms with Crippen molar-refractivity contribution in [2.75, 3.05) is 33.4 Å². The number of likely N-dealkylation sites (tertiary alicyclic amines) is 1. The predicted octanol–water partition coefficient (Wildman–Crippen LogP) is 0.820. The van der Waals surface area contributed by atoms with Crippen molar-refractivity contribution in [2.45, 2.75) is 19.3 Å². The Hall–Kier alpha value is -0.610. The van der Waals surface area contributed by atoms with Crippen LogP contribution in [0, 0.1) is 5.92 Å². The van der Waals surface area contributed by atoms with E-state index < -0.39 is 5.97 Å². The maximum atomic E-state index is 10.4. The van der Waals surface area contributed by atoms with Crippen molar-refractivity contribution in [2.24, 2.45) is 5.92 Å². The highest BCUT2D eigenvalue weighted by molar-refractivity contribution is 5.66. The molecule has 0 spiro atoms. The number of piperidine rings is 1. The molecule has 0 radical (unpaired) electrons. The largest absolute Gasteiger partial charge is 0.481 e. The molecule has 4 nitrogen and oxygen atoms in total. The number of nitrogens with zero attached hydrogens (tertiary/aromatic N) is 1. The number of carboxylic acids is 1. The molecule has 0 bridgehead atoms. The van der Waals surface area contributed by atoms with Gasteiger partial charge < -0.3 is 14.7 Å². The van der Waals surface area contributed by atoms with Crippen LogP contribution >= 0.6 is 0 Å². The van der Waals surface area contributed by atoms with E-state index in [9.17, 15) is 4.79 Å². The van der Waals surface area contributed by atoms with Gasteiger partial charge in [0.2, 0.25) is 0 Å². The number of rotatable bonds is 5. The van der Waals surface area contributed by atoms with Gasteiger partial charge in [0.25, 0.3) is 0 Å². The van der Waals surface area contributed by atoms with Crippen molar-refractivity contribution in [3.63, 3.8) is 0 Å². The van der Waals surface area contributed by atoms with E-state index in [2.05, 4.69) is 4.90 Å². The zero-order valence-corrected chi connectivity index (χ0v) is 8.74. The predicted molar refractivity (Wildman–Crippen MR) is 53.3 cm³/mol. The highest BCUT2D eigenvalue weighted by Gasteiger charge is 2.19. The zero-order chi connectivity index (χ0) is 10.4. The monoisotopic (exact) mass is 201 g/mol. The van der Waals surface area contributed by atoms with Gasteiger partial charge in [-0.3, -0.25) is 4.79 Å². The SMILES string of the molecule is COC[C@H]1CCCN(CCC(=O)O)C1. The Morgan fingerprint density at radius 2 is 2.43 bits per heavy atom. The van der Waals surface area contributed by atoms with Crippen molar-refractivity contribution in [3.8, 4) is 0 Å². The molecule has 0 aromatic rings. The molecular weight excluding hydrogens is 182 g/mol. The van der Waals surface area contributed by atoms with E-state index in [1.165, 1.54) is 6.42 Å². The second-order valence-corrected chi connectivity index (χ2v) is 3.91. The highest BCUT2D eigenvalue weighted by atomic mass is 16.5. The molecule has 14 heavy (non-hydrogen) atoms. The smallest absolute Gasteiger partial charge is 0.304 e. The van der Waals surface area contributed by atoms with Gasteiger partial charge in [0.15, 0.2) is 0 Å². The molecule has 1 saturated heterocycles. The van der Waals surface area contributed by atoms with Crippen LogP contribution in [0.2, 0.25) is 0 Å². The molecule has 0 amide bonds. The summed E-state index contributed by atoms with van der Waals surface area (Å²) >= 11 is 0. The van der Waals surface area contributed by atoms with E-state index >= 15 is 0 Å². The second kappa shape index (κ2) is 5.98. The van der Waals surface area contributed by atoms with Crippen LogP contribution in [0.5, 0.6) is 0 Å². The van der Waals surface area contributed by atoms with Gasteiger partial charge in [0, 0.05) is 20.2 Å². The molecule has 4 heteroatoms. The fourth-order valence-corrected chi connectivity index (χ4v) is 1.98. The lowest BCUT2D eigenvalue weighted by Gasteiger charge is -2.31. The van der Waals surface area contributed by atoms with E-state index in [4.69, 9.17) is 9.84 Å². The minimum atomic E-state index is -0.709. The summed E-state index contributed by atoms with van der Waals surface area (Å²) < 4.78 is 5.11. The van der Waals surface area contributed by atoms with Gasteiger partial charge >= 0.3 is 5.97 Å². The Kier molecular flexibility index (Phi) is 4.90. The normalized spacial score (nSPS) is 23.6. The summed E-state index contributed by atoms with van der Waals surface area (Å²) in [5.41, 5.74) is 0. The number of carboxylic acid groups (broad SMARTS) is 1. The van der Waals surface area contributed by atoms with Gasteiger partial charge in [0.1, 0.15) is 0 Å².